The van der Waals surface area contributed by atoms with E-state index in [1.54, 1.807) is 24.3 Å². The molecule has 0 bridgehead atoms. The van der Waals surface area contributed by atoms with Gasteiger partial charge in [-0.3, -0.25) is 4.79 Å². The van der Waals surface area contributed by atoms with E-state index in [1.165, 1.54) is 0 Å². The normalized spacial score (nSPS) is 15.2. The van der Waals surface area contributed by atoms with E-state index in [4.69, 9.17) is 26.8 Å². The second-order valence-electron chi connectivity index (χ2n) is 5.56. The Morgan fingerprint density at radius 3 is 2.73 bits per heavy atom. The topological polar surface area (TPSA) is 73.9 Å². The van der Waals surface area contributed by atoms with Crippen molar-refractivity contribution >= 4 is 40.5 Å². The summed E-state index contributed by atoms with van der Waals surface area (Å²) in [6.07, 6.45) is 1.68. The Kier molecular flexibility index (Phi) is 5.85. The van der Waals surface area contributed by atoms with Gasteiger partial charge in [-0.15, -0.1) is 0 Å². The Balaban J connectivity index is 1.65. The molecule has 5 nitrogen and oxygen atoms in total. The fourth-order valence-electron chi connectivity index (χ4n) is 2.35. The highest BCUT2D eigenvalue weighted by Crippen LogP contribution is 2.31. The molecule has 2 aromatic rings. The van der Waals surface area contributed by atoms with Crippen LogP contribution in [0.15, 0.2) is 52.4 Å². The number of nitrogens with zero attached hydrogens (tertiary/aromatic N) is 1. The molecule has 1 amide bonds. The van der Waals surface area contributed by atoms with Gasteiger partial charge in [0.25, 0.3) is 5.91 Å². The number of thioether (sulfide) groups is 1. The predicted molar refractivity (Wildman–Crippen MR) is 106 cm³/mol. The fourth-order valence-corrected chi connectivity index (χ4v) is 3.20. The van der Waals surface area contributed by atoms with Gasteiger partial charge in [-0.2, -0.15) is 4.99 Å². The number of nitrogens with two attached hydrogens (primary N) is 1. The van der Waals surface area contributed by atoms with E-state index in [0.29, 0.717) is 34.5 Å². The minimum Gasteiger partial charge on any atom is -0.490 e. The molecule has 7 heteroatoms. The molecule has 1 aliphatic heterocycles. The molecule has 0 aromatic heterocycles. The highest BCUT2D eigenvalue weighted by atomic mass is 35.5. The summed E-state index contributed by atoms with van der Waals surface area (Å²) in [7, 11) is 0. The average Bonchev–Trinajstić information content (AvgIpc) is 2.90. The van der Waals surface area contributed by atoms with Crippen molar-refractivity contribution in [1.82, 2.24) is 0 Å². The summed E-state index contributed by atoms with van der Waals surface area (Å²) in [5.41, 5.74) is 7.40. The molecule has 0 fully saturated rings. The van der Waals surface area contributed by atoms with Gasteiger partial charge in [0, 0.05) is 10.6 Å². The maximum atomic E-state index is 11.8. The number of amidine groups is 1. The van der Waals surface area contributed by atoms with E-state index >= 15 is 0 Å². The van der Waals surface area contributed by atoms with Crippen LogP contribution in [0.1, 0.15) is 11.1 Å². The van der Waals surface area contributed by atoms with E-state index in [1.807, 2.05) is 31.2 Å². The average molecular weight is 389 g/mol. The number of carbonyl (C=O) groups excluding carboxylic acids is 1. The second-order valence-corrected chi connectivity index (χ2v) is 7.06. The first-order valence-corrected chi connectivity index (χ1v) is 9.10. The summed E-state index contributed by atoms with van der Waals surface area (Å²) >= 11 is 7.19. The largest absolute Gasteiger partial charge is 0.490 e. The van der Waals surface area contributed by atoms with Crippen molar-refractivity contribution in [2.75, 3.05) is 13.2 Å². The van der Waals surface area contributed by atoms with Crippen molar-refractivity contribution in [3.63, 3.8) is 0 Å². The van der Waals surface area contributed by atoms with Gasteiger partial charge in [0.15, 0.2) is 5.17 Å². The zero-order valence-corrected chi connectivity index (χ0v) is 15.6. The zero-order valence-electron chi connectivity index (χ0n) is 14.1. The van der Waals surface area contributed by atoms with E-state index in [2.05, 4.69) is 4.99 Å². The quantitative estimate of drug-likeness (QED) is 0.597. The molecule has 134 valence electrons. The Hall–Kier alpha value is -2.44. The summed E-state index contributed by atoms with van der Waals surface area (Å²) in [6, 6.07) is 13.0. The maximum Gasteiger partial charge on any atom is 0.286 e. The van der Waals surface area contributed by atoms with E-state index in [0.717, 1.165) is 23.1 Å². The number of aryl methyl sites for hydroxylation is 1. The van der Waals surface area contributed by atoms with Crippen molar-refractivity contribution in [1.29, 1.82) is 0 Å². The first-order valence-electron chi connectivity index (χ1n) is 7.91. The van der Waals surface area contributed by atoms with Gasteiger partial charge < -0.3 is 15.2 Å². The number of amides is 1. The molecule has 3 rings (SSSR count). The minimum absolute atomic E-state index is 0.234. The summed E-state index contributed by atoms with van der Waals surface area (Å²) in [5, 5.41) is 0.779. The number of benzene rings is 2. The van der Waals surface area contributed by atoms with E-state index < -0.39 is 0 Å². The molecule has 0 aliphatic carbocycles. The van der Waals surface area contributed by atoms with Crippen LogP contribution in [0.5, 0.6) is 11.5 Å². The highest BCUT2D eigenvalue weighted by Gasteiger charge is 2.20. The lowest BCUT2D eigenvalue weighted by atomic mass is 10.2. The molecule has 0 unspecified atom stereocenters. The third kappa shape index (κ3) is 4.80. The van der Waals surface area contributed by atoms with Crippen molar-refractivity contribution in [2.24, 2.45) is 10.7 Å². The van der Waals surface area contributed by atoms with Crippen molar-refractivity contribution in [3.05, 3.63) is 63.5 Å². The van der Waals surface area contributed by atoms with Gasteiger partial charge in [-0.1, -0.05) is 23.7 Å². The number of aliphatic imine (C=N–C) groups is 1. The fraction of sp³-hybridized carbons (Fsp3) is 0.158. The minimum atomic E-state index is -0.360. The Labute approximate surface area is 160 Å². The van der Waals surface area contributed by atoms with Crippen molar-refractivity contribution < 1.29 is 14.3 Å². The first kappa shape index (κ1) is 18.4. The smallest absolute Gasteiger partial charge is 0.286 e. The first-order chi connectivity index (χ1) is 12.5. The molecule has 0 saturated carbocycles. The molecule has 0 atom stereocenters. The van der Waals surface area contributed by atoms with E-state index in [9.17, 15) is 4.79 Å². The van der Waals surface area contributed by atoms with Crippen LogP contribution in [0.3, 0.4) is 0 Å². The molecule has 1 aliphatic rings. The van der Waals surface area contributed by atoms with Gasteiger partial charge in [0.1, 0.15) is 24.7 Å². The molecule has 0 saturated heterocycles. The molecule has 2 aromatic carbocycles. The second kappa shape index (κ2) is 8.29. The Morgan fingerprint density at radius 2 is 2.00 bits per heavy atom. The maximum absolute atomic E-state index is 11.8. The zero-order chi connectivity index (χ0) is 18.5. The summed E-state index contributed by atoms with van der Waals surface area (Å²) in [4.78, 5) is 15.9. The molecular weight excluding hydrogens is 372 g/mol. The number of ether oxygens (including phenoxy) is 2. The van der Waals surface area contributed by atoms with Crippen LogP contribution in [0.25, 0.3) is 6.08 Å². The molecule has 26 heavy (non-hydrogen) atoms. The summed E-state index contributed by atoms with van der Waals surface area (Å²) in [5.74, 6) is 1.04. The molecule has 1 heterocycles. The number of rotatable bonds is 6. The van der Waals surface area contributed by atoms with Gasteiger partial charge in [-0.25, -0.2) is 0 Å². The number of hydrogen-bond donors (Lipinski definition) is 1. The van der Waals surface area contributed by atoms with Gasteiger partial charge >= 0.3 is 0 Å². The third-order valence-corrected chi connectivity index (χ3v) is 4.54. The van der Waals surface area contributed by atoms with Crippen LogP contribution in [-0.2, 0) is 4.79 Å². The predicted octanol–water partition coefficient (Wildman–Crippen LogP) is 4.04. The Morgan fingerprint density at radius 1 is 1.19 bits per heavy atom. The van der Waals surface area contributed by atoms with Crippen LogP contribution in [0.2, 0.25) is 5.02 Å². The van der Waals surface area contributed by atoms with Gasteiger partial charge in [-0.05, 0) is 60.7 Å². The SMILES string of the molecule is Cc1cccc(OCCOc2ccc(Cl)cc2/C=C2/SC(N)=NC2=O)c1. The lowest BCUT2D eigenvalue weighted by molar-refractivity contribution is -0.113. The highest BCUT2D eigenvalue weighted by molar-refractivity contribution is 8.18. The molecule has 2 N–H and O–H groups in total. The summed E-state index contributed by atoms with van der Waals surface area (Å²) in [6.45, 7) is 2.76. The summed E-state index contributed by atoms with van der Waals surface area (Å²) < 4.78 is 11.5. The number of carbonyl (C=O) groups is 1. The number of hydrogen-bond acceptors (Lipinski definition) is 5. The standard InChI is InChI=1S/C19H17ClN2O3S/c1-12-3-2-4-15(9-12)24-7-8-25-16-6-5-14(20)10-13(16)11-17-18(23)22-19(21)26-17/h2-6,9-11H,7-8H2,1H3,(H2,21,22,23)/b17-11+. The Bertz CT molecular complexity index is 896. The lowest BCUT2D eigenvalue weighted by Crippen LogP contribution is -2.09. The van der Waals surface area contributed by atoms with Crippen molar-refractivity contribution in [3.8, 4) is 11.5 Å². The van der Waals surface area contributed by atoms with Crippen LogP contribution in [-0.4, -0.2) is 24.3 Å². The van der Waals surface area contributed by atoms with Crippen molar-refractivity contribution in [2.45, 2.75) is 6.92 Å². The van der Waals surface area contributed by atoms with Crippen LogP contribution < -0.4 is 15.2 Å². The molecule has 0 spiro atoms. The van der Waals surface area contributed by atoms with E-state index in [-0.39, 0.29) is 11.1 Å². The van der Waals surface area contributed by atoms with Gasteiger partial charge in [0.2, 0.25) is 0 Å². The lowest BCUT2D eigenvalue weighted by Gasteiger charge is -2.11. The molecular formula is C19H17ClN2O3S. The third-order valence-electron chi connectivity index (χ3n) is 3.49. The van der Waals surface area contributed by atoms with Crippen LogP contribution in [0.4, 0.5) is 0 Å². The monoisotopic (exact) mass is 388 g/mol. The van der Waals surface area contributed by atoms with Crippen LogP contribution >= 0.6 is 23.4 Å². The number of halogens is 1. The van der Waals surface area contributed by atoms with Gasteiger partial charge in [0.05, 0.1) is 4.91 Å². The molecule has 0 radical (unpaired) electrons. The van der Waals surface area contributed by atoms with Crippen LogP contribution in [0, 0.1) is 6.92 Å².